The molecule has 0 aromatic carbocycles. The molecule has 1 atom stereocenters. The van der Waals surface area contributed by atoms with Crippen molar-refractivity contribution in [3.8, 4) is 0 Å². The summed E-state index contributed by atoms with van der Waals surface area (Å²) in [4.78, 5) is 12.0. The average molecular weight is 257 g/mol. The largest absolute Gasteiger partial charge is 0.567 e. The molecular formula is C8H7N3O3S2. The number of nitrogens with zero attached hydrogens (tertiary/aromatic N) is 2. The first kappa shape index (κ1) is 11.1. The lowest BCUT2D eigenvalue weighted by Crippen LogP contribution is -2.31. The van der Waals surface area contributed by atoms with Gasteiger partial charge in [-0.05, 0) is 22.0 Å². The van der Waals surface area contributed by atoms with Gasteiger partial charge in [0.05, 0.1) is 12.0 Å². The van der Waals surface area contributed by atoms with Crippen LogP contribution in [0.2, 0.25) is 0 Å². The maximum atomic E-state index is 11.3. The molecule has 1 aliphatic rings. The summed E-state index contributed by atoms with van der Waals surface area (Å²) in [6.07, 6.45) is 3.10. The summed E-state index contributed by atoms with van der Waals surface area (Å²) in [7, 11) is 1.26. The number of allylic oxidation sites excluding steroid dienone is 1. The first-order valence-corrected chi connectivity index (χ1v) is 6.07. The van der Waals surface area contributed by atoms with E-state index in [-0.39, 0.29) is 5.70 Å². The van der Waals surface area contributed by atoms with Crippen LogP contribution in [0.5, 0.6) is 0 Å². The van der Waals surface area contributed by atoms with Gasteiger partial charge in [0.25, 0.3) is 0 Å². The molecule has 16 heavy (non-hydrogen) atoms. The minimum absolute atomic E-state index is 0.124. The van der Waals surface area contributed by atoms with Gasteiger partial charge in [0.15, 0.2) is 5.70 Å². The predicted molar refractivity (Wildman–Crippen MR) is 60.0 cm³/mol. The molecule has 1 aromatic heterocycles. The topological polar surface area (TPSA) is 86.6 Å². The molecule has 84 valence electrons. The molecule has 2 rings (SSSR count). The van der Waals surface area contributed by atoms with E-state index >= 15 is 0 Å². The molecule has 1 unspecified atom stereocenters. The highest BCUT2D eigenvalue weighted by atomic mass is 32.2. The fourth-order valence-electron chi connectivity index (χ4n) is 1.07. The monoisotopic (exact) mass is 257 g/mol. The van der Waals surface area contributed by atoms with Gasteiger partial charge in [0.2, 0.25) is 11.5 Å². The average Bonchev–Trinajstić information content (AvgIpc) is 2.80. The minimum atomic E-state index is -1.66. The maximum absolute atomic E-state index is 11.3. The summed E-state index contributed by atoms with van der Waals surface area (Å²) in [6.45, 7) is 0. The Balaban J connectivity index is 2.32. The van der Waals surface area contributed by atoms with E-state index in [1.54, 1.807) is 12.3 Å². The molecule has 0 spiro atoms. The Morgan fingerprint density at radius 2 is 2.50 bits per heavy atom. The Bertz CT molecular complexity index is 455. The zero-order chi connectivity index (χ0) is 11.5. The smallest absolute Gasteiger partial charge is 0.358 e. The second kappa shape index (κ2) is 4.64. The van der Waals surface area contributed by atoms with Crippen LogP contribution in [-0.2, 0) is 21.1 Å². The molecule has 0 aliphatic carbocycles. The normalized spacial score (nSPS) is 19.5. The Labute approximate surface area is 98.6 Å². The van der Waals surface area contributed by atoms with Crippen molar-refractivity contribution in [2.75, 3.05) is 7.11 Å². The van der Waals surface area contributed by atoms with Crippen molar-refractivity contribution < 1.29 is 14.1 Å². The lowest BCUT2D eigenvalue weighted by molar-refractivity contribution is -0.136. The molecule has 0 amide bonds. The number of nitrogens with one attached hydrogen (secondary N) is 1. The van der Waals surface area contributed by atoms with Gasteiger partial charge in [-0.15, -0.1) is 0 Å². The van der Waals surface area contributed by atoms with E-state index < -0.39 is 17.5 Å². The number of methoxy groups -OCH3 is 1. The predicted octanol–water partition coefficient (Wildman–Crippen LogP) is 0.171. The fraction of sp³-hybridized carbons (Fsp3) is 0.125. The van der Waals surface area contributed by atoms with Gasteiger partial charge in [0.1, 0.15) is 5.71 Å². The highest BCUT2D eigenvalue weighted by Gasteiger charge is 2.24. The summed E-state index contributed by atoms with van der Waals surface area (Å²) < 4.78 is 26.1. The van der Waals surface area contributed by atoms with E-state index in [1.807, 2.05) is 0 Å². The summed E-state index contributed by atoms with van der Waals surface area (Å²) in [5.41, 5.74) is 0.583. The van der Waals surface area contributed by atoms with Crippen LogP contribution in [0.3, 0.4) is 0 Å². The lowest BCUT2D eigenvalue weighted by Gasteiger charge is -2.12. The molecule has 0 fully saturated rings. The van der Waals surface area contributed by atoms with Crippen LogP contribution in [0.15, 0.2) is 28.4 Å². The quantitative estimate of drug-likeness (QED) is 0.603. The molecule has 6 nitrogen and oxygen atoms in total. The first-order valence-electron chi connectivity index (χ1n) is 4.19. The molecule has 2 heterocycles. The van der Waals surface area contributed by atoms with Crippen molar-refractivity contribution in [2.24, 2.45) is 4.40 Å². The number of rotatable bonds is 2. The van der Waals surface area contributed by atoms with Crippen LogP contribution < -0.4 is 4.72 Å². The van der Waals surface area contributed by atoms with Crippen molar-refractivity contribution in [1.29, 1.82) is 0 Å². The van der Waals surface area contributed by atoms with Gasteiger partial charge in [-0.2, -0.15) is 4.72 Å². The van der Waals surface area contributed by atoms with E-state index in [0.29, 0.717) is 5.71 Å². The zero-order valence-electron chi connectivity index (χ0n) is 8.17. The number of hydrogen-bond donors (Lipinski definition) is 1. The molecule has 0 saturated carbocycles. The minimum Gasteiger partial charge on any atom is -0.567 e. The Morgan fingerprint density at radius 1 is 1.69 bits per heavy atom. The molecule has 0 radical (unpaired) electrons. The summed E-state index contributed by atoms with van der Waals surface area (Å²) in [5.74, 6) is -0.578. The Kier molecular flexibility index (Phi) is 3.22. The first-order chi connectivity index (χ1) is 7.70. The molecule has 0 bridgehead atoms. The highest BCUT2D eigenvalue weighted by molar-refractivity contribution is 7.88. The van der Waals surface area contributed by atoms with Gasteiger partial charge in [0, 0.05) is 12.3 Å². The molecule has 8 heteroatoms. The Hall–Kier alpha value is -1.38. The van der Waals surface area contributed by atoms with Crippen LogP contribution >= 0.6 is 11.5 Å². The van der Waals surface area contributed by atoms with Gasteiger partial charge in [-0.1, -0.05) is 0 Å². The van der Waals surface area contributed by atoms with Crippen LogP contribution in [-0.4, -0.2) is 27.7 Å². The van der Waals surface area contributed by atoms with Gasteiger partial charge >= 0.3 is 5.97 Å². The third-order valence-corrected chi connectivity index (χ3v) is 3.28. The van der Waals surface area contributed by atoms with Crippen LogP contribution in [0.25, 0.3) is 0 Å². The molecule has 1 N–H and O–H groups in total. The maximum Gasteiger partial charge on any atom is 0.358 e. The van der Waals surface area contributed by atoms with Crippen molar-refractivity contribution in [2.45, 2.75) is 0 Å². The lowest BCUT2D eigenvalue weighted by atomic mass is 10.2. The summed E-state index contributed by atoms with van der Waals surface area (Å²) in [5, 5.41) is 0. The van der Waals surface area contributed by atoms with Crippen LogP contribution in [0.1, 0.15) is 4.88 Å². The van der Waals surface area contributed by atoms with Crippen molar-refractivity contribution in [1.82, 2.24) is 9.10 Å². The standard InChI is InChI=1S/C8H7N3O3S2/c1-14-8(12)6-4-5(10-16(13)11-6)7-2-3-9-15-7/h2-4,11H,1H3. The SMILES string of the molecule is COC(=O)C1=CC(c2ccns2)=N[S+]([O-])N1. The number of aromatic nitrogens is 1. The number of carbonyl (C=O) groups excluding carboxylic acids is 1. The number of carbonyl (C=O) groups is 1. The van der Waals surface area contributed by atoms with E-state index in [4.69, 9.17) is 0 Å². The second-order valence-electron chi connectivity index (χ2n) is 2.75. The third kappa shape index (κ3) is 2.23. The van der Waals surface area contributed by atoms with Gasteiger partial charge in [-0.25, -0.2) is 9.17 Å². The number of esters is 1. The van der Waals surface area contributed by atoms with Crippen molar-refractivity contribution in [3.05, 3.63) is 28.9 Å². The molecule has 0 saturated heterocycles. The van der Waals surface area contributed by atoms with Crippen LogP contribution in [0, 0.1) is 0 Å². The van der Waals surface area contributed by atoms with Crippen LogP contribution in [0.4, 0.5) is 0 Å². The van der Waals surface area contributed by atoms with Crippen molar-refractivity contribution in [3.63, 3.8) is 0 Å². The molecule has 1 aromatic rings. The summed E-state index contributed by atoms with van der Waals surface area (Å²) in [6, 6.07) is 1.73. The zero-order valence-corrected chi connectivity index (χ0v) is 9.80. The van der Waals surface area contributed by atoms with E-state index in [2.05, 4.69) is 18.2 Å². The number of hydrogen-bond acceptors (Lipinski definition) is 7. The van der Waals surface area contributed by atoms with E-state index in [9.17, 15) is 9.35 Å². The highest BCUT2D eigenvalue weighted by Crippen LogP contribution is 2.14. The van der Waals surface area contributed by atoms with Gasteiger partial charge < -0.3 is 9.29 Å². The fourth-order valence-corrected chi connectivity index (χ4v) is 2.39. The summed E-state index contributed by atoms with van der Waals surface area (Å²) >= 11 is -0.446. The molecule has 1 aliphatic heterocycles. The second-order valence-corrected chi connectivity index (χ2v) is 4.47. The van der Waals surface area contributed by atoms with E-state index in [0.717, 1.165) is 4.88 Å². The van der Waals surface area contributed by atoms with Crippen molar-refractivity contribution >= 4 is 34.8 Å². The Morgan fingerprint density at radius 3 is 3.12 bits per heavy atom. The third-order valence-electron chi connectivity index (χ3n) is 1.76. The van der Waals surface area contributed by atoms with Gasteiger partial charge in [-0.3, -0.25) is 0 Å². The number of ether oxygens (including phenoxy) is 1. The van der Waals surface area contributed by atoms with E-state index in [1.165, 1.54) is 24.7 Å². The molecular weight excluding hydrogens is 250 g/mol.